The summed E-state index contributed by atoms with van der Waals surface area (Å²) in [5.74, 6) is -0.622. The minimum absolute atomic E-state index is 0.0797. The van der Waals surface area contributed by atoms with E-state index < -0.39 is 17.7 Å². The first kappa shape index (κ1) is 22.0. The highest BCUT2D eigenvalue weighted by molar-refractivity contribution is 5.90. The van der Waals surface area contributed by atoms with Crippen LogP contribution in [-0.4, -0.2) is 31.7 Å². The standard InChI is InChI=1S/C26H26N2O6/c29-22-13-19(16-32-23(30)14-27-26(31)33-15-17-6-2-1-3-7-17)21-12-18-8-4-10-28-11-5-9-20(24(18)28)25(21)34-22/h1-3,6-7,12-13H,4-5,8-11,14-16H2,(H,27,31). The number of benzene rings is 2. The van der Waals surface area contributed by atoms with Crippen molar-refractivity contribution in [1.82, 2.24) is 5.32 Å². The molecule has 0 spiro atoms. The van der Waals surface area contributed by atoms with Crippen molar-refractivity contribution >= 4 is 28.7 Å². The molecular formula is C26H26N2O6. The molecule has 2 aliphatic heterocycles. The average Bonchev–Trinajstić information content (AvgIpc) is 2.86. The Morgan fingerprint density at radius 3 is 2.62 bits per heavy atom. The van der Waals surface area contributed by atoms with Gasteiger partial charge in [0.05, 0.1) is 0 Å². The van der Waals surface area contributed by atoms with Gasteiger partial charge in [-0.1, -0.05) is 30.3 Å². The van der Waals surface area contributed by atoms with Crippen molar-refractivity contribution in [3.8, 4) is 0 Å². The Hall–Kier alpha value is -3.81. The Morgan fingerprint density at radius 1 is 1.00 bits per heavy atom. The second-order valence-corrected chi connectivity index (χ2v) is 8.60. The van der Waals surface area contributed by atoms with Crippen LogP contribution in [0.5, 0.6) is 0 Å². The van der Waals surface area contributed by atoms with Crippen LogP contribution in [0.15, 0.2) is 51.7 Å². The summed E-state index contributed by atoms with van der Waals surface area (Å²) in [5, 5.41) is 3.19. The maximum Gasteiger partial charge on any atom is 0.407 e. The predicted octanol–water partition coefficient (Wildman–Crippen LogP) is 3.46. The fourth-order valence-corrected chi connectivity index (χ4v) is 4.78. The second-order valence-electron chi connectivity index (χ2n) is 8.60. The van der Waals surface area contributed by atoms with Gasteiger partial charge in [-0.3, -0.25) is 4.79 Å². The van der Waals surface area contributed by atoms with E-state index in [9.17, 15) is 14.4 Å². The number of hydrogen-bond donors (Lipinski definition) is 1. The zero-order valence-corrected chi connectivity index (χ0v) is 18.8. The normalized spacial score (nSPS) is 14.4. The molecule has 0 fully saturated rings. The Balaban J connectivity index is 1.25. The van der Waals surface area contributed by atoms with Gasteiger partial charge < -0.3 is 24.1 Å². The van der Waals surface area contributed by atoms with Gasteiger partial charge in [-0.15, -0.1) is 0 Å². The van der Waals surface area contributed by atoms with Crippen molar-refractivity contribution in [2.24, 2.45) is 0 Å². The van der Waals surface area contributed by atoms with Crippen LogP contribution in [0.2, 0.25) is 0 Å². The number of carbonyl (C=O) groups is 2. The fraction of sp³-hybridized carbons (Fsp3) is 0.346. The zero-order chi connectivity index (χ0) is 23.5. The van der Waals surface area contributed by atoms with Gasteiger partial charge in [0.1, 0.15) is 25.3 Å². The SMILES string of the molecule is O=C(CNC(=O)OCc1ccccc1)OCc1cc(=O)oc2c3c4c(cc12)CCCN4CCC3. The molecule has 1 amide bonds. The summed E-state index contributed by atoms with van der Waals surface area (Å²) in [6, 6.07) is 12.7. The van der Waals surface area contributed by atoms with E-state index in [1.165, 1.54) is 17.3 Å². The minimum Gasteiger partial charge on any atom is -0.459 e. The number of alkyl carbamates (subject to hydrolysis) is 1. The number of fused-ring (bicyclic) bond motifs is 2. The number of aryl methyl sites for hydroxylation is 2. The van der Waals surface area contributed by atoms with Crippen LogP contribution >= 0.6 is 0 Å². The molecular weight excluding hydrogens is 436 g/mol. The number of esters is 1. The number of ether oxygens (including phenoxy) is 2. The summed E-state index contributed by atoms with van der Waals surface area (Å²) in [6.07, 6.45) is 3.23. The molecule has 2 aliphatic rings. The van der Waals surface area contributed by atoms with Crippen molar-refractivity contribution in [1.29, 1.82) is 0 Å². The lowest BCUT2D eigenvalue weighted by atomic mass is 9.89. The molecule has 3 aromatic rings. The van der Waals surface area contributed by atoms with Gasteiger partial charge in [-0.25, -0.2) is 9.59 Å². The summed E-state index contributed by atoms with van der Waals surface area (Å²) in [7, 11) is 0. The molecule has 0 saturated carbocycles. The second kappa shape index (κ2) is 9.59. The van der Waals surface area contributed by atoms with Gasteiger partial charge in [0.2, 0.25) is 0 Å². The smallest absolute Gasteiger partial charge is 0.407 e. The van der Waals surface area contributed by atoms with Crippen LogP contribution < -0.4 is 15.8 Å². The first-order valence-corrected chi connectivity index (χ1v) is 11.5. The third-order valence-corrected chi connectivity index (χ3v) is 6.29. The summed E-state index contributed by atoms with van der Waals surface area (Å²) in [4.78, 5) is 38.8. The Morgan fingerprint density at radius 2 is 1.79 bits per heavy atom. The van der Waals surface area contributed by atoms with Gasteiger partial charge in [0, 0.05) is 41.4 Å². The van der Waals surface area contributed by atoms with Crippen LogP contribution in [0.3, 0.4) is 0 Å². The molecule has 5 rings (SSSR count). The van der Waals surface area contributed by atoms with Crippen molar-refractivity contribution in [3.05, 3.63) is 75.1 Å². The van der Waals surface area contributed by atoms with Gasteiger partial charge in [-0.2, -0.15) is 0 Å². The highest BCUT2D eigenvalue weighted by Crippen LogP contribution is 2.40. The molecule has 1 N–H and O–H groups in total. The lowest BCUT2D eigenvalue weighted by molar-refractivity contribution is -0.143. The van der Waals surface area contributed by atoms with Gasteiger partial charge in [-0.05, 0) is 42.9 Å². The maximum absolute atomic E-state index is 12.3. The van der Waals surface area contributed by atoms with Crippen LogP contribution in [0, 0.1) is 0 Å². The van der Waals surface area contributed by atoms with Crippen molar-refractivity contribution in [2.75, 3.05) is 24.5 Å². The van der Waals surface area contributed by atoms with E-state index in [4.69, 9.17) is 13.9 Å². The molecule has 0 unspecified atom stereocenters. The van der Waals surface area contributed by atoms with E-state index in [0.717, 1.165) is 55.3 Å². The summed E-state index contributed by atoms with van der Waals surface area (Å²) < 4.78 is 16.1. The van der Waals surface area contributed by atoms with Crippen LogP contribution in [0.25, 0.3) is 11.0 Å². The zero-order valence-electron chi connectivity index (χ0n) is 18.8. The van der Waals surface area contributed by atoms with Gasteiger partial charge >= 0.3 is 17.7 Å². The number of hydrogen-bond acceptors (Lipinski definition) is 7. The molecule has 176 valence electrons. The monoisotopic (exact) mass is 462 g/mol. The molecule has 3 heterocycles. The maximum atomic E-state index is 12.3. The predicted molar refractivity (Wildman–Crippen MR) is 126 cm³/mol. The van der Waals surface area contributed by atoms with Crippen LogP contribution in [-0.2, 0) is 40.3 Å². The van der Waals surface area contributed by atoms with E-state index in [1.807, 2.05) is 30.3 Å². The van der Waals surface area contributed by atoms with Gasteiger partial charge in [0.25, 0.3) is 0 Å². The number of anilines is 1. The van der Waals surface area contributed by atoms with Crippen molar-refractivity contribution in [2.45, 2.75) is 38.9 Å². The largest absolute Gasteiger partial charge is 0.459 e. The molecule has 8 heteroatoms. The van der Waals surface area contributed by atoms with Crippen LogP contribution in [0.1, 0.15) is 35.1 Å². The van der Waals surface area contributed by atoms with E-state index in [1.54, 1.807) is 0 Å². The molecule has 2 aromatic carbocycles. The molecule has 0 aliphatic carbocycles. The summed E-state index contributed by atoms with van der Waals surface area (Å²) in [5.41, 5.74) is 5.11. The molecule has 1 aromatic heterocycles. The van der Waals surface area contributed by atoms with E-state index in [0.29, 0.717) is 11.1 Å². The molecule has 0 bridgehead atoms. The van der Waals surface area contributed by atoms with E-state index in [2.05, 4.69) is 16.3 Å². The Bertz CT molecular complexity index is 1280. The molecule has 0 atom stereocenters. The third-order valence-electron chi connectivity index (χ3n) is 6.29. The highest BCUT2D eigenvalue weighted by Gasteiger charge is 2.27. The average molecular weight is 463 g/mol. The fourth-order valence-electron chi connectivity index (χ4n) is 4.78. The molecule has 0 radical (unpaired) electrons. The molecule has 34 heavy (non-hydrogen) atoms. The van der Waals surface area contributed by atoms with E-state index >= 15 is 0 Å². The number of rotatable bonds is 6. The van der Waals surface area contributed by atoms with Crippen molar-refractivity contribution < 1.29 is 23.5 Å². The first-order chi connectivity index (χ1) is 16.6. The Kier molecular flexibility index (Phi) is 6.20. The highest BCUT2D eigenvalue weighted by atomic mass is 16.6. The topological polar surface area (TPSA) is 98.1 Å². The first-order valence-electron chi connectivity index (χ1n) is 11.5. The van der Waals surface area contributed by atoms with E-state index in [-0.39, 0.29) is 19.8 Å². The summed E-state index contributed by atoms with van der Waals surface area (Å²) >= 11 is 0. The minimum atomic E-state index is -0.707. The number of carbonyl (C=O) groups excluding carboxylic acids is 2. The molecule has 8 nitrogen and oxygen atoms in total. The number of nitrogens with one attached hydrogen (secondary N) is 1. The lowest BCUT2D eigenvalue weighted by Gasteiger charge is -2.37. The van der Waals surface area contributed by atoms with Crippen LogP contribution in [0.4, 0.5) is 10.5 Å². The number of amides is 1. The Labute approximate surface area is 196 Å². The third kappa shape index (κ3) is 4.62. The van der Waals surface area contributed by atoms with Gasteiger partial charge in [0.15, 0.2) is 0 Å². The summed E-state index contributed by atoms with van der Waals surface area (Å²) in [6.45, 7) is 1.74. The molecule has 0 saturated heterocycles. The number of nitrogens with zero attached hydrogens (tertiary/aromatic N) is 1. The van der Waals surface area contributed by atoms with Crippen molar-refractivity contribution in [3.63, 3.8) is 0 Å². The lowest BCUT2D eigenvalue weighted by Crippen LogP contribution is -2.34. The quantitative estimate of drug-likeness (QED) is 0.442.